The van der Waals surface area contributed by atoms with Gasteiger partial charge in [-0.2, -0.15) is 0 Å². The van der Waals surface area contributed by atoms with Crippen LogP contribution in [0, 0.1) is 11.8 Å². The molecular weight excluding hydrogens is 220 g/mol. The Morgan fingerprint density at radius 3 is 2.67 bits per heavy atom. The Kier molecular flexibility index (Phi) is 4.28. The van der Waals surface area contributed by atoms with Crippen molar-refractivity contribution >= 4 is 5.69 Å². The predicted molar refractivity (Wildman–Crippen MR) is 79.0 cm³/mol. The lowest BCUT2D eigenvalue weighted by atomic mass is 9.88. The Labute approximate surface area is 111 Å². The lowest BCUT2D eigenvalue weighted by Crippen LogP contribution is -2.39. The van der Waals surface area contributed by atoms with Gasteiger partial charge in [0.15, 0.2) is 0 Å². The number of nitrogens with two attached hydrogens (primary N) is 1. The third-order valence-electron chi connectivity index (χ3n) is 4.21. The second-order valence-corrected chi connectivity index (χ2v) is 6.00. The summed E-state index contributed by atoms with van der Waals surface area (Å²) in [5.41, 5.74) is 8.75. The van der Waals surface area contributed by atoms with Gasteiger partial charge in [-0.1, -0.05) is 32.0 Å². The van der Waals surface area contributed by atoms with Gasteiger partial charge in [-0.25, -0.2) is 0 Å². The van der Waals surface area contributed by atoms with E-state index < -0.39 is 0 Å². The van der Waals surface area contributed by atoms with Crippen LogP contribution in [0.25, 0.3) is 0 Å². The molecule has 3 atom stereocenters. The van der Waals surface area contributed by atoms with Crippen LogP contribution in [0.2, 0.25) is 0 Å². The lowest BCUT2D eigenvalue weighted by molar-refractivity contribution is 0.323. The summed E-state index contributed by atoms with van der Waals surface area (Å²) in [6, 6.07) is 8.97. The summed E-state index contributed by atoms with van der Waals surface area (Å²) in [6.45, 7) is 9.18. The number of benzene rings is 1. The molecular formula is C16H26N2. The molecule has 1 aromatic carbocycles. The molecule has 2 N–H and O–H groups in total. The summed E-state index contributed by atoms with van der Waals surface area (Å²) in [6.07, 6.45) is 2.27. The molecule has 0 spiro atoms. The van der Waals surface area contributed by atoms with Gasteiger partial charge in [-0.05, 0) is 43.2 Å². The third-order valence-corrected chi connectivity index (χ3v) is 4.21. The fourth-order valence-electron chi connectivity index (χ4n) is 2.82. The topological polar surface area (TPSA) is 29.3 Å². The summed E-state index contributed by atoms with van der Waals surface area (Å²) in [5, 5.41) is 0. The average Bonchev–Trinajstić information content (AvgIpc) is 2.33. The van der Waals surface area contributed by atoms with Crippen LogP contribution in [0.4, 0.5) is 5.69 Å². The van der Waals surface area contributed by atoms with Crippen LogP contribution < -0.4 is 10.6 Å². The van der Waals surface area contributed by atoms with E-state index in [9.17, 15) is 0 Å². The second kappa shape index (κ2) is 5.75. The summed E-state index contributed by atoms with van der Waals surface area (Å²) in [7, 11) is 0. The number of anilines is 1. The molecule has 1 heterocycles. The molecule has 1 fully saturated rings. The maximum absolute atomic E-state index is 5.95. The maximum atomic E-state index is 5.95. The molecule has 0 saturated carbocycles. The van der Waals surface area contributed by atoms with Crippen molar-refractivity contribution in [3.05, 3.63) is 29.8 Å². The van der Waals surface area contributed by atoms with E-state index in [4.69, 9.17) is 5.73 Å². The molecule has 2 nitrogen and oxygen atoms in total. The molecule has 3 unspecified atom stereocenters. The van der Waals surface area contributed by atoms with Crippen LogP contribution in [0.5, 0.6) is 0 Å². The van der Waals surface area contributed by atoms with Gasteiger partial charge in [-0.3, -0.25) is 0 Å². The number of hydrogen-bond donors (Lipinski definition) is 1. The Bertz CT molecular complexity index is 386. The van der Waals surface area contributed by atoms with E-state index >= 15 is 0 Å². The zero-order valence-corrected chi connectivity index (χ0v) is 11.9. The standard InChI is InChI=1S/C16H26N2/c1-12-8-9-18(11-13(12)2)16-7-5-4-6-15(16)10-14(3)17/h4-7,12-14H,8-11,17H2,1-3H3. The summed E-state index contributed by atoms with van der Waals surface area (Å²) in [5.74, 6) is 1.63. The van der Waals surface area contributed by atoms with Crippen molar-refractivity contribution in [2.45, 2.75) is 39.7 Å². The molecule has 18 heavy (non-hydrogen) atoms. The molecule has 1 saturated heterocycles. The van der Waals surface area contributed by atoms with Crippen LogP contribution in [0.3, 0.4) is 0 Å². The summed E-state index contributed by atoms with van der Waals surface area (Å²) >= 11 is 0. The Morgan fingerprint density at radius 2 is 2.00 bits per heavy atom. The number of hydrogen-bond acceptors (Lipinski definition) is 2. The second-order valence-electron chi connectivity index (χ2n) is 6.00. The van der Waals surface area contributed by atoms with Crippen LogP contribution >= 0.6 is 0 Å². The van der Waals surface area contributed by atoms with Crippen LogP contribution in [-0.2, 0) is 6.42 Å². The molecule has 0 radical (unpaired) electrons. The van der Waals surface area contributed by atoms with Gasteiger partial charge >= 0.3 is 0 Å². The Hall–Kier alpha value is -1.02. The van der Waals surface area contributed by atoms with Crippen molar-refractivity contribution in [1.82, 2.24) is 0 Å². The van der Waals surface area contributed by atoms with E-state index in [0.29, 0.717) is 0 Å². The maximum Gasteiger partial charge on any atom is 0.0399 e. The summed E-state index contributed by atoms with van der Waals surface area (Å²) in [4.78, 5) is 2.54. The Morgan fingerprint density at radius 1 is 1.28 bits per heavy atom. The fraction of sp³-hybridized carbons (Fsp3) is 0.625. The predicted octanol–water partition coefficient (Wildman–Crippen LogP) is 3.06. The van der Waals surface area contributed by atoms with Gasteiger partial charge < -0.3 is 10.6 Å². The van der Waals surface area contributed by atoms with E-state index in [1.165, 1.54) is 30.8 Å². The number of nitrogens with zero attached hydrogens (tertiary/aromatic N) is 1. The minimum absolute atomic E-state index is 0.229. The zero-order chi connectivity index (χ0) is 13.1. The van der Waals surface area contributed by atoms with Crippen LogP contribution in [-0.4, -0.2) is 19.1 Å². The number of rotatable bonds is 3. The minimum atomic E-state index is 0.229. The lowest BCUT2D eigenvalue weighted by Gasteiger charge is -2.38. The summed E-state index contributed by atoms with van der Waals surface area (Å²) < 4.78 is 0. The first-order chi connectivity index (χ1) is 8.58. The SMILES string of the molecule is CC(N)Cc1ccccc1N1CCC(C)C(C)C1. The monoisotopic (exact) mass is 246 g/mol. The molecule has 0 bridgehead atoms. The van der Waals surface area contributed by atoms with Gasteiger partial charge in [0.05, 0.1) is 0 Å². The molecule has 1 aromatic rings. The number of para-hydroxylation sites is 1. The fourth-order valence-corrected chi connectivity index (χ4v) is 2.82. The molecule has 0 aromatic heterocycles. The zero-order valence-electron chi connectivity index (χ0n) is 11.9. The first-order valence-corrected chi connectivity index (χ1v) is 7.16. The van der Waals surface area contributed by atoms with Crippen molar-refractivity contribution < 1.29 is 0 Å². The van der Waals surface area contributed by atoms with E-state index in [0.717, 1.165) is 18.3 Å². The molecule has 0 aliphatic carbocycles. The van der Waals surface area contributed by atoms with Gasteiger partial charge in [0.25, 0.3) is 0 Å². The molecule has 1 aliphatic rings. The molecule has 100 valence electrons. The normalized spacial score (nSPS) is 26.1. The van der Waals surface area contributed by atoms with Gasteiger partial charge in [0, 0.05) is 24.8 Å². The first kappa shape index (κ1) is 13.4. The largest absolute Gasteiger partial charge is 0.371 e. The molecule has 2 rings (SSSR count). The van der Waals surface area contributed by atoms with E-state index in [1.807, 2.05) is 0 Å². The molecule has 0 amide bonds. The number of piperidine rings is 1. The van der Waals surface area contributed by atoms with E-state index in [1.54, 1.807) is 0 Å². The highest BCUT2D eigenvalue weighted by atomic mass is 15.1. The molecule has 2 heteroatoms. The molecule has 1 aliphatic heterocycles. The van der Waals surface area contributed by atoms with Gasteiger partial charge in [0.2, 0.25) is 0 Å². The van der Waals surface area contributed by atoms with E-state index in [-0.39, 0.29) is 6.04 Å². The van der Waals surface area contributed by atoms with E-state index in [2.05, 4.69) is 49.9 Å². The van der Waals surface area contributed by atoms with Crippen molar-refractivity contribution in [2.75, 3.05) is 18.0 Å². The quantitative estimate of drug-likeness (QED) is 0.888. The van der Waals surface area contributed by atoms with Crippen LogP contribution in [0.1, 0.15) is 32.8 Å². The van der Waals surface area contributed by atoms with Crippen molar-refractivity contribution in [3.8, 4) is 0 Å². The highest BCUT2D eigenvalue weighted by molar-refractivity contribution is 5.54. The average molecular weight is 246 g/mol. The van der Waals surface area contributed by atoms with Crippen LogP contribution in [0.15, 0.2) is 24.3 Å². The van der Waals surface area contributed by atoms with Gasteiger partial charge in [0.1, 0.15) is 0 Å². The Balaban J connectivity index is 2.17. The highest BCUT2D eigenvalue weighted by Gasteiger charge is 2.23. The van der Waals surface area contributed by atoms with Crippen molar-refractivity contribution in [2.24, 2.45) is 17.6 Å². The highest BCUT2D eigenvalue weighted by Crippen LogP contribution is 2.29. The van der Waals surface area contributed by atoms with Crippen molar-refractivity contribution in [3.63, 3.8) is 0 Å². The third kappa shape index (κ3) is 3.05. The smallest absolute Gasteiger partial charge is 0.0399 e. The minimum Gasteiger partial charge on any atom is -0.371 e. The first-order valence-electron chi connectivity index (χ1n) is 7.16. The van der Waals surface area contributed by atoms with Crippen molar-refractivity contribution in [1.29, 1.82) is 0 Å². The van der Waals surface area contributed by atoms with Gasteiger partial charge in [-0.15, -0.1) is 0 Å².